The number of para-hydroxylation sites is 1. The lowest BCUT2D eigenvalue weighted by Crippen LogP contribution is -2.30. The molecule has 2 aromatic carbocycles. The molecule has 0 radical (unpaired) electrons. The first-order valence-electron chi connectivity index (χ1n) is 10.2. The standard InChI is InChI=1S/C23H28N4O3S/c1-6-26(7-2)31(29,30)20-13-16(3)17(4)22(14-20)25-23(28)21-15-24-27(18(21)5)19-11-9-8-10-12-19/h8-15H,6-7H2,1-5H3,(H,25,28). The summed E-state index contributed by atoms with van der Waals surface area (Å²) in [7, 11) is -3.64. The topological polar surface area (TPSA) is 84.3 Å². The van der Waals surface area contributed by atoms with Gasteiger partial charge in [0.25, 0.3) is 5.91 Å². The highest BCUT2D eigenvalue weighted by Gasteiger charge is 2.24. The Bertz CT molecular complexity index is 1200. The second kappa shape index (κ2) is 9.03. The molecule has 1 heterocycles. The monoisotopic (exact) mass is 440 g/mol. The van der Waals surface area contributed by atoms with Gasteiger partial charge in [-0.1, -0.05) is 32.0 Å². The normalized spacial score (nSPS) is 11.7. The molecule has 8 heteroatoms. The number of aromatic nitrogens is 2. The Morgan fingerprint density at radius 2 is 1.71 bits per heavy atom. The van der Waals surface area contributed by atoms with E-state index in [0.717, 1.165) is 16.8 Å². The van der Waals surface area contributed by atoms with Gasteiger partial charge in [0.2, 0.25) is 10.0 Å². The zero-order valence-electron chi connectivity index (χ0n) is 18.5. The number of nitrogens with one attached hydrogen (secondary N) is 1. The molecule has 1 N–H and O–H groups in total. The number of benzene rings is 2. The maximum absolute atomic E-state index is 13.0. The number of amides is 1. The molecule has 0 aliphatic carbocycles. The van der Waals surface area contributed by atoms with E-state index in [4.69, 9.17) is 0 Å². The van der Waals surface area contributed by atoms with Crippen LogP contribution < -0.4 is 5.32 Å². The van der Waals surface area contributed by atoms with Crippen molar-refractivity contribution in [2.45, 2.75) is 39.5 Å². The van der Waals surface area contributed by atoms with Crippen molar-refractivity contribution in [3.8, 4) is 5.69 Å². The van der Waals surface area contributed by atoms with Gasteiger partial charge in [0, 0.05) is 18.8 Å². The molecule has 3 rings (SSSR count). The van der Waals surface area contributed by atoms with E-state index < -0.39 is 10.0 Å². The van der Waals surface area contributed by atoms with Crippen LogP contribution in [0.3, 0.4) is 0 Å². The third kappa shape index (κ3) is 4.40. The fraction of sp³-hybridized carbons (Fsp3) is 0.304. The zero-order valence-corrected chi connectivity index (χ0v) is 19.3. The molecule has 0 fully saturated rings. The summed E-state index contributed by atoms with van der Waals surface area (Å²) >= 11 is 0. The van der Waals surface area contributed by atoms with Crippen molar-refractivity contribution in [2.75, 3.05) is 18.4 Å². The molecule has 0 saturated carbocycles. The molecule has 3 aromatic rings. The van der Waals surface area contributed by atoms with Crippen molar-refractivity contribution < 1.29 is 13.2 Å². The first-order valence-corrected chi connectivity index (χ1v) is 11.7. The zero-order chi connectivity index (χ0) is 22.8. The molecular weight excluding hydrogens is 412 g/mol. The fourth-order valence-electron chi connectivity index (χ4n) is 3.47. The number of nitrogens with zero attached hydrogens (tertiary/aromatic N) is 3. The van der Waals surface area contributed by atoms with Crippen molar-refractivity contribution in [1.82, 2.24) is 14.1 Å². The number of hydrogen-bond donors (Lipinski definition) is 1. The summed E-state index contributed by atoms with van der Waals surface area (Å²) < 4.78 is 29.1. The molecule has 0 atom stereocenters. The Morgan fingerprint density at radius 3 is 2.32 bits per heavy atom. The molecule has 0 bridgehead atoms. The van der Waals surface area contributed by atoms with Gasteiger partial charge in [-0.05, 0) is 56.2 Å². The van der Waals surface area contributed by atoms with Crippen molar-refractivity contribution >= 4 is 21.6 Å². The second-order valence-corrected chi connectivity index (χ2v) is 9.29. The predicted molar refractivity (Wildman–Crippen MR) is 122 cm³/mol. The molecule has 31 heavy (non-hydrogen) atoms. The van der Waals surface area contributed by atoms with Crippen LogP contribution in [-0.2, 0) is 10.0 Å². The molecule has 0 aliphatic rings. The summed E-state index contributed by atoms with van der Waals surface area (Å²) in [5, 5.41) is 7.23. The largest absolute Gasteiger partial charge is 0.322 e. The highest BCUT2D eigenvalue weighted by Crippen LogP contribution is 2.27. The van der Waals surface area contributed by atoms with Gasteiger partial charge in [-0.15, -0.1) is 0 Å². The van der Waals surface area contributed by atoms with Crippen LogP contribution in [0.25, 0.3) is 5.69 Å². The molecule has 0 saturated heterocycles. The van der Waals surface area contributed by atoms with Gasteiger partial charge in [-0.25, -0.2) is 13.1 Å². The van der Waals surface area contributed by atoms with E-state index in [9.17, 15) is 13.2 Å². The minimum atomic E-state index is -3.64. The molecule has 7 nitrogen and oxygen atoms in total. The maximum atomic E-state index is 13.0. The van der Waals surface area contributed by atoms with E-state index in [1.165, 1.54) is 16.6 Å². The van der Waals surface area contributed by atoms with E-state index in [0.29, 0.717) is 30.0 Å². The molecule has 0 unspecified atom stereocenters. The summed E-state index contributed by atoms with van der Waals surface area (Å²) in [6.07, 6.45) is 1.52. The average Bonchev–Trinajstić information content (AvgIpc) is 3.13. The van der Waals surface area contributed by atoms with E-state index in [1.54, 1.807) is 24.6 Å². The minimum Gasteiger partial charge on any atom is -0.322 e. The molecule has 1 amide bonds. The summed E-state index contributed by atoms with van der Waals surface area (Å²) in [5.74, 6) is -0.334. The van der Waals surface area contributed by atoms with Crippen molar-refractivity contribution in [3.05, 3.63) is 71.0 Å². The van der Waals surface area contributed by atoms with Crippen molar-refractivity contribution in [2.24, 2.45) is 0 Å². The van der Waals surface area contributed by atoms with Gasteiger partial charge >= 0.3 is 0 Å². The van der Waals surface area contributed by atoms with Crippen LogP contribution in [0.2, 0.25) is 0 Å². The number of aryl methyl sites for hydroxylation is 1. The second-order valence-electron chi connectivity index (χ2n) is 7.35. The number of carbonyl (C=O) groups excluding carboxylic acids is 1. The van der Waals surface area contributed by atoms with Gasteiger partial charge in [0.05, 0.1) is 28.0 Å². The van der Waals surface area contributed by atoms with Crippen molar-refractivity contribution in [1.29, 1.82) is 0 Å². The Balaban J connectivity index is 1.96. The predicted octanol–water partition coefficient (Wildman–Crippen LogP) is 4.08. The van der Waals surface area contributed by atoms with Crippen LogP contribution in [0.1, 0.15) is 41.0 Å². The summed E-state index contributed by atoms with van der Waals surface area (Å²) in [6, 6.07) is 12.7. The van der Waals surface area contributed by atoms with Gasteiger partial charge in [-0.3, -0.25) is 4.79 Å². The lowest BCUT2D eigenvalue weighted by atomic mass is 10.1. The van der Waals surface area contributed by atoms with E-state index in [-0.39, 0.29) is 10.8 Å². The van der Waals surface area contributed by atoms with Crippen LogP contribution in [0, 0.1) is 20.8 Å². The van der Waals surface area contributed by atoms with Gasteiger partial charge in [0.1, 0.15) is 0 Å². The Hall–Kier alpha value is -2.97. The van der Waals surface area contributed by atoms with E-state index in [2.05, 4.69) is 10.4 Å². The van der Waals surface area contributed by atoms with Crippen LogP contribution >= 0.6 is 0 Å². The van der Waals surface area contributed by atoms with Gasteiger partial charge < -0.3 is 5.32 Å². The first kappa shape index (κ1) is 22.7. The minimum absolute atomic E-state index is 0.173. The first-order chi connectivity index (χ1) is 14.7. The SMILES string of the molecule is CCN(CC)S(=O)(=O)c1cc(C)c(C)c(NC(=O)c2cnn(-c3ccccc3)c2C)c1. The van der Waals surface area contributed by atoms with Crippen LogP contribution in [0.5, 0.6) is 0 Å². The number of carbonyl (C=O) groups is 1. The summed E-state index contributed by atoms with van der Waals surface area (Å²) in [5.41, 5.74) is 4.07. The third-order valence-corrected chi connectivity index (χ3v) is 7.52. The quantitative estimate of drug-likeness (QED) is 0.600. The average molecular weight is 441 g/mol. The smallest absolute Gasteiger partial charge is 0.259 e. The Morgan fingerprint density at radius 1 is 1.06 bits per heavy atom. The molecule has 0 aliphatic heterocycles. The maximum Gasteiger partial charge on any atom is 0.259 e. The number of anilines is 1. The number of rotatable bonds is 7. The van der Waals surface area contributed by atoms with Crippen LogP contribution in [-0.4, -0.2) is 41.5 Å². The number of sulfonamides is 1. The van der Waals surface area contributed by atoms with Gasteiger partial charge in [0.15, 0.2) is 0 Å². The van der Waals surface area contributed by atoms with Crippen molar-refractivity contribution in [3.63, 3.8) is 0 Å². The number of hydrogen-bond acceptors (Lipinski definition) is 4. The Labute approximate surface area is 183 Å². The van der Waals surface area contributed by atoms with E-state index in [1.807, 2.05) is 51.1 Å². The molecule has 0 spiro atoms. The van der Waals surface area contributed by atoms with Crippen LogP contribution in [0.15, 0.2) is 53.6 Å². The van der Waals surface area contributed by atoms with E-state index >= 15 is 0 Å². The third-order valence-electron chi connectivity index (χ3n) is 5.49. The summed E-state index contributed by atoms with van der Waals surface area (Å²) in [6.45, 7) is 9.89. The summed E-state index contributed by atoms with van der Waals surface area (Å²) in [4.78, 5) is 13.2. The van der Waals surface area contributed by atoms with Crippen LogP contribution in [0.4, 0.5) is 5.69 Å². The molecule has 1 aromatic heterocycles. The Kier molecular flexibility index (Phi) is 6.62. The highest BCUT2D eigenvalue weighted by atomic mass is 32.2. The highest BCUT2D eigenvalue weighted by molar-refractivity contribution is 7.89. The lowest BCUT2D eigenvalue weighted by molar-refractivity contribution is 0.102. The molecular formula is C23H28N4O3S. The van der Waals surface area contributed by atoms with Gasteiger partial charge in [-0.2, -0.15) is 9.40 Å². The fourth-order valence-corrected chi connectivity index (χ4v) is 5.04. The molecule has 164 valence electrons. The lowest BCUT2D eigenvalue weighted by Gasteiger charge is -2.20.